The minimum Gasteiger partial charge on any atom is -0.462 e. The van der Waals surface area contributed by atoms with Crippen LogP contribution in [-0.4, -0.2) is 17.6 Å². The van der Waals surface area contributed by atoms with Crippen molar-refractivity contribution in [1.29, 1.82) is 0 Å². The maximum Gasteiger partial charge on any atom is 0.338 e. The number of benzene rings is 3. The average molecular weight is 329 g/mol. The lowest BCUT2D eigenvalue weighted by molar-refractivity contribution is 0.0526. The summed E-state index contributed by atoms with van der Waals surface area (Å²) in [4.78, 5) is 16.1. The molecule has 3 heteroatoms. The second-order valence-corrected chi connectivity index (χ2v) is 6.10. The second kappa shape index (κ2) is 6.10. The van der Waals surface area contributed by atoms with Gasteiger partial charge in [-0.15, -0.1) is 0 Å². The molecule has 0 radical (unpaired) electrons. The number of esters is 1. The van der Waals surface area contributed by atoms with Crippen molar-refractivity contribution in [2.24, 2.45) is 0 Å². The van der Waals surface area contributed by atoms with E-state index in [1.165, 1.54) is 0 Å². The number of H-pyrrole nitrogens is 1. The van der Waals surface area contributed by atoms with Crippen LogP contribution in [0.15, 0.2) is 60.7 Å². The van der Waals surface area contributed by atoms with E-state index in [0.29, 0.717) is 12.2 Å². The van der Waals surface area contributed by atoms with Gasteiger partial charge < -0.3 is 9.72 Å². The van der Waals surface area contributed by atoms with Crippen molar-refractivity contribution in [2.75, 3.05) is 6.61 Å². The number of hydrogen-bond acceptors (Lipinski definition) is 2. The third kappa shape index (κ3) is 2.49. The molecule has 0 unspecified atom stereocenters. The van der Waals surface area contributed by atoms with Crippen molar-refractivity contribution in [1.82, 2.24) is 4.98 Å². The second-order valence-electron chi connectivity index (χ2n) is 6.10. The molecular weight excluding hydrogens is 310 g/mol. The number of aromatic amines is 1. The van der Waals surface area contributed by atoms with Gasteiger partial charge in [0.25, 0.3) is 0 Å². The van der Waals surface area contributed by atoms with Crippen LogP contribution in [0.1, 0.15) is 22.8 Å². The molecule has 0 atom stereocenters. The van der Waals surface area contributed by atoms with Gasteiger partial charge in [0.05, 0.1) is 17.7 Å². The molecule has 0 saturated carbocycles. The SMILES string of the molecule is CCOC(=O)c1cc(-c2ccccc2)c2[nH]c3ccccc3c2c1C. The summed E-state index contributed by atoms with van der Waals surface area (Å²) in [7, 11) is 0. The zero-order valence-corrected chi connectivity index (χ0v) is 14.3. The molecule has 0 saturated heterocycles. The largest absolute Gasteiger partial charge is 0.462 e. The lowest BCUT2D eigenvalue weighted by Gasteiger charge is -2.12. The Bertz CT molecular complexity index is 1080. The Morgan fingerprint density at radius 1 is 1.04 bits per heavy atom. The number of rotatable bonds is 3. The molecule has 4 rings (SSSR count). The van der Waals surface area contributed by atoms with Gasteiger partial charge in [-0.3, -0.25) is 0 Å². The summed E-state index contributed by atoms with van der Waals surface area (Å²) in [6, 6.07) is 20.3. The number of carbonyl (C=O) groups is 1. The fourth-order valence-corrected chi connectivity index (χ4v) is 3.46. The number of para-hydroxylation sites is 1. The number of hydrogen-bond donors (Lipinski definition) is 1. The molecule has 1 aromatic heterocycles. The Labute approximate surface area is 146 Å². The Morgan fingerprint density at radius 3 is 2.52 bits per heavy atom. The van der Waals surface area contributed by atoms with Crippen LogP contribution >= 0.6 is 0 Å². The van der Waals surface area contributed by atoms with Crippen LogP contribution in [0.25, 0.3) is 32.9 Å². The molecule has 0 amide bonds. The van der Waals surface area contributed by atoms with Gasteiger partial charge in [0.1, 0.15) is 0 Å². The number of aromatic nitrogens is 1. The summed E-state index contributed by atoms with van der Waals surface area (Å²) in [6.07, 6.45) is 0. The van der Waals surface area contributed by atoms with E-state index in [4.69, 9.17) is 4.74 Å². The van der Waals surface area contributed by atoms with Crippen LogP contribution in [0.4, 0.5) is 0 Å². The van der Waals surface area contributed by atoms with Gasteiger partial charge in [-0.1, -0.05) is 48.5 Å². The molecule has 25 heavy (non-hydrogen) atoms. The van der Waals surface area contributed by atoms with E-state index in [9.17, 15) is 4.79 Å². The Morgan fingerprint density at radius 2 is 1.76 bits per heavy atom. The van der Waals surface area contributed by atoms with Crippen molar-refractivity contribution >= 4 is 27.8 Å². The molecular formula is C22H19NO2. The standard InChI is InChI=1S/C22H19NO2/c1-3-25-22(24)17-13-18(15-9-5-4-6-10-15)21-20(14(17)2)16-11-7-8-12-19(16)23-21/h4-13,23H,3H2,1-2H3. The van der Waals surface area contributed by atoms with Crippen molar-refractivity contribution in [3.63, 3.8) is 0 Å². The van der Waals surface area contributed by atoms with Crippen molar-refractivity contribution in [2.45, 2.75) is 13.8 Å². The molecule has 3 aromatic carbocycles. The highest BCUT2D eigenvalue weighted by molar-refractivity contribution is 6.16. The van der Waals surface area contributed by atoms with E-state index in [1.807, 2.05) is 50.2 Å². The van der Waals surface area contributed by atoms with Gasteiger partial charge in [0, 0.05) is 21.9 Å². The molecule has 1 N–H and O–H groups in total. The minimum atomic E-state index is -0.274. The molecule has 0 bridgehead atoms. The number of carbonyl (C=O) groups excluding carboxylic acids is 1. The third-order valence-electron chi connectivity index (χ3n) is 4.62. The van der Waals surface area contributed by atoms with Gasteiger partial charge in [0.2, 0.25) is 0 Å². The highest BCUT2D eigenvalue weighted by Gasteiger charge is 2.19. The normalized spacial score (nSPS) is 11.1. The van der Waals surface area contributed by atoms with Gasteiger partial charge in [-0.05, 0) is 37.1 Å². The summed E-state index contributed by atoms with van der Waals surface area (Å²) in [6.45, 7) is 4.18. The molecule has 0 spiro atoms. The van der Waals surface area contributed by atoms with E-state index in [0.717, 1.165) is 38.5 Å². The van der Waals surface area contributed by atoms with Gasteiger partial charge in [-0.2, -0.15) is 0 Å². The summed E-state index contributed by atoms with van der Waals surface area (Å²) in [5.74, 6) is -0.274. The van der Waals surface area contributed by atoms with Crippen LogP contribution in [-0.2, 0) is 4.74 Å². The number of aryl methyl sites for hydroxylation is 1. The quantitative estimate of drug-likeness (QED) is 0.506. The van der Waals surface area contributed by atoms with Gasteiger partial charge in [-0.25, -0.2) is 4.79 Å². The first kappa shape index (κ1) is 15.5. The molecule has 4 aromatic rings. The highest BCUT2D eigenvalue weighted by Crippen LogP contribution is 2.37. The molecule has 0 fully saturated rings. The van der Waals surface area contributed by atoms with E-state index >= 15 is 0 Å². The monoisotopic (exact) mass is 329 g/mol. The summed E-state index contributed by atoms with van der Waals surface area (Å²) < 4.78 is 5.29. The van der Waals surface area contributed by atoms with E-state index in [1.54, 1.807) is 0 Å². The summed E-state index contributed by atoms with van der Waals surface area (Å²) in [5.41, 5.74) is 5.78. The van der Waals surface area contributed by atoms with Crippen LogP contribution in [0.5, 0.6) is 0 Å². The van der Waals surface area contributed by atoms with Crippen molar-refractivity contribution in [3.05, 3.63) is 71.8 Å². The first-order valence-corrected chi connectivity index (χ1v) is 8.47. The zero-order valence-electron chi connectivity index (χ0n) is 14.3. The van der Waals surface area contributed by atoms with Crippen LogP contribution in [0.3, 0.4) is 0 Å². The lowest BCUT2D eigenvalue weighted by atomic mass is 9.94. The summed E-state index contributed by atoms with van der Waals surface area (Å²) >= 11 is 0. The molecule has 0 aliphatic heterocycles. The van der Waals surface area contributed by atoms with E-state index in [2.05, 4.69) is 29.2 Å². The van der Waals surface area contributed by atoms with Crippen molar-refractivity contribution < 1.29 is 9.53 Å². The Balaban J connectivity index is 2.13. The number of nitrogens with one attached hydrogen (secondary N) is 1. The van der Waals surface area contributed by atoms with Crippen LogP contribution in [0, 0.1) is 6.92 Å². The molecule has 124 valence electrons. The average Bonchev–Trinajstić information content (AvgIpc) is 3.03. The predicted octanol–water partition coefficient (Wildman–Crippen LogP) is 5.47. The first-order valence-electron chi connectivity index (χ1n) is 8.47. The fraction of sp³-hybridized carbons (Fsp3) is 0.136. The maximum atomic E-state index is 12.5. The highest BCUT2D eigenvalue weighted by atomic mass is 16.5. The van der Waals surface area contributed by atoms with Crippen LogP contribution < -0.4 is 0 Å². The lowest BCUT2D eigenvalue weighted by Crippen LogP contribution is -2.07. The third-order valence-corrected chi connectivity index (χ3v) is 4.62. The van der Waals surface area contributed by atoms with Crippen molar-refractivity contribution in [3.8, 4) is 11.1 Å². The van der Waals surface area contributed by atoms with Crippen LogP contribution in [0.2, 0.25) is 0 Å². The topological polar surface area (TPSA) is 42.1 Å². The van der Waals surface area contributed by atoms with E-state index < -0.39 is 0 Å². The molecule has 1 heterocycles. The Kier molecular flexibility index (Phi) is 3.77. The summed E-state index contributed by atoms with van der Waals surface area (Å²) in [5, 5.41) is 2.21. The van der Waals surface area contributed by atoms with Gasteiger partial charge in [0.15, 0.2) is 0 Å². The minimum absolute atomic E-state index is 0.274. The molecule has 0 aliphatic carbocycles. The van der Waals surface area contributed by atoms with Gasteiger partial charge >= 0.3 is 5.97 Å². The number of fused-ring (bicyclic) bond motifs is 3. The predicted molar refractivity (Wildman–Crippen MR) is 102 cm³/mol. The number of ether oxygens (including phenoxy) is 1. The smallest absolute Gasteiger partial charge is 0.338 e. The first-order chi connectivity index (χ1) is 12.2. The Hall–Kier alpha value is -3.07. The van der Waals surface area contributed by atoms with E-state index in [-0.39, 0.29) is 5.97 Å². The zero-order chi connectivity index (χ0) is 17.4. The molecule has 3 nitrogen and oxygen atoms in total. The molecule has 0 aliphatic rings. The fourth-order valence-electron chi connectivity index (χ4n) is 3.46. The maximum absolute atomic E-state index is 12.5.